The van der Waals surface area contributed by atoms with E-state index in [-0.39, 0.29) is 24.0 Å². The molecule has 1 N–H and O–H groups in total. The number of hydrogen-bond donors (Lipinski definition) is 1. The summed E-state index contributed by atoms with van der Waals surface area (Å²) < 4.78 is 5.39. The van der Waals surface area contributed by atoms with Crippen molar-refractivity contribution in [3.05, 3.63) is 0 Å². The molecule has 23 heavy (non-hydrogen) atoms. The molecule has 1 atom stereocenters. The first-order chi connectivity index (χ1) is 10.7. The number of guanidine groups is 1. The Morgan fingerprint density at radius 3 is 2.65 bits per heavy atom. The zero-order valence-electron chi connectivity index (χ0n) is 15.1. The Kier molecular flexibility index (Phi) is 10.5. The zero-order chi connectivity index (χ0) is 15.8. The van der Waals surface area contributed by atoms with Crippen molar-refractivity contribution in [1.82, 2.24) is 15.1 Å². The van der Waals surface area contributed by atoms with E-state index in [9.17, 15) is 0 Å². The summed E-state index contributed by atoms with van der Waals surface area (Å²) in [6, 6.07) is 0. The van der Waals surface area contributed by atoms with Crippen LogP contribution >= 0.6 is 24.0 Å². The number of ether oxygens (including phenoxy) is 1. The normalized spacial score (nSPS) is 23.2. The number of aliphatic imine (C=N–C) groups is 1. The SMILES string of the molecule is CCNC(=NCCN1CCOCC1)N1CCC(CC(C)C)C1.I. The van der Waals surface area contributed by atoms with Gasteiger partial charge < -0.3 is 15.0 Å². The van der Waals surface area contributed by atoms with Gasteiger partial charge in [-0.15, -0.1) is 24.0 Å². The number of nitrogens with zero attached hydrogens (tertiary/aromatic N) is 3. The predicted octanol–water partition coefficient (Wildman–Crippen LogP) is 2.27. The third kappa shape index (κ3) is 7.56. The average molecular weight is 438 g/mol. The molecular weight excluding hydrogens is 403 g/mol. The highest BCUT2D eigenvalue weighted by molar-refractivity contribution is 14.0. The third-order valence-electron chi connectivity index (χ3n) is 4.51. The second-order valence-corrected chi connectivity index (χ2v) is 6.92. The van der Waals surface area contributed by atoms with Crippen LogP contribution in [0.25, 0.3) is 0 Å². The van der Waals surface area contributed by atoms with E-state index in [0.717, 1.165) is 70.3 Å². The van der Waals surface area contributed by atoms with E-state index >= 15 is 0 Å². The van der Waals surface area contributed by atoms with E-state index in [2.05, 4.69) is 35.9 Å². The van der Waals surface area contributed by atoms with Crippen molar-refractivity contribution in [2.75, 3.05) is 59.0 Å². The Morgan fingerprint density at radius 2 is 2.00 bits per heavy atom. The molecule has 0 amide bonds. The van der Waals surface area contributed by atoms with Crippen LogP contribution in [0.3, 0.4) is 0 Å². The lowest BCUT2D eigenvalue weighted by molar-refractivity contribution is 0.0394. The standard InChI is InChI=1S/C17H34N4O.HI/c1-4-18-17(19-6-8-20-9-11-22-12-10-20)21-7-5-16(14-21)13-15(2)3;/h15-16H,4-14H2,1-3H3,(H,18,19);1H. The molecular formula is C17H35IN4O. The quantitative estimate of drug-likeness (QED) is 0.393. The first-order valence-electron chi connectivity index (χ1n) is 9.02. The molecule has 1 unspecified atom stereocenters. The molecule has 2 fully saturated rings. The van der Waals surface area contributed by atoms with Gasteiger partial charge in [0.15, 0.2) is 5.96 Å². The van der Waals surface area contributed by atoms with Crippen LogP contribution in [0.5, 0.6) is 0 Å². The Balaban J connectivity index is 0.00000264. The lowest BCUT2D eigenvalue weighted by Gasteiger charge is -2.26. The Bertz CT molecular complexity index is 345. The molecule has 0 saturated carbocycles. The Hall–Kier alpha value is -0.0800. The summed E-state index contributed by atoms with van der Waals surface area (Å²) in [6.45, 7) is 15.8. The van der Waals surface area contributed by atoms with Gasteiger partial charge in [0.25, 0.3) is 0 Å². The van der Waals surface area contributed by atoms with Gasteiger partial charge >= 0.3 is 0 Å². The molecule has 0 aromatic rings. The van der Waals surface area contributed by atoms with Crippen molar-refractivity contribution in [2.45, 2.75) is 33.6 Å². The molecule has 0 aliphatic carbocycles. The van der Waals surface area contributed by atoms with E-state index in [1.54, 1.807) is 0 Å². The number of likely N-dealkylation sites (tertiary alicyclic amines) is 1. The fourth-order valence-electron chi connectivity index (χ4n) is 3.43. The van der Waals surface area contributed by atoms with Gasteiger partial charge in [-0.3, -0.25) is 9.89 Å². The predicted molar refractivity (Wildman–Crippen MR) is 108 cm³/mol. The van der Waals surface area contributed by atoms with E-state index in [1.807, 2.05) is 0 Å². The van der Waals surface area contributed by atoms with Crippen LogP contribution in [0.2, 0.25) is 0 Å². The van der Waals surface area contributed by atoms with Gasteiger partial charge in [-0.1, -0.05) is 13.8 Å². The summed E-state index contributed by atoms with van der Waals surface area (Å²) in [7, 11) is 0. The van der Waals surface area contributed by atoms with E-state index < -0.39 is 0 Å². The maximum Gasteiger partial charge on any atom is 0.193 e. The molecule has 6 heteroatoms. The maximum atomic E-state index is 5.39. The minimum Gasteiger partial charge on any atom is -0.379 e. The van der Waals surface area contributed by atoms with Gasteiger partial charge in [-0.25, -0.2) is 0 Å². The summed E-state index contributed by atoms with van der Waals surface area (Å²) in [5, 5.41) is 3.47. The van der Waals surface area contributed by atoms with Crippen LogP contribution in [0.4, 0.5) is 0 Å². The monoisotopic (exact) mass is 438 g/mol. The Labute approximate surface area is 159 Å². The summed E-state index contributed by atoms with van der Waals surface area (Å²) in [4.78, 5) is 9.75. The molecule has 0 bridgehead atoms. The average Bonchev–Trinajstić information content (AvgIpc) is 2.95. The summed E-state index contributed by atoms with van der Waals surface area (Å²) >= 11 is 0. The van der Waals surface area contributed by atoms with E-state index in [1.165, 1.54) is 19.4 Å². The molecule has 2 saturated heterocycles. The van der Waals surface area contributed by atoms with Crippen molar-refractivity contribution in [2.24, 2.45) is 16.8 Å². The maximum absolute atomic E-state index is 5.39. The minimum absolute atomic E-state index is 0. The van der Waals surface area contributed by atoms with E-state index in [0.29, 0.717) is 0 Å². The Morgan fingerprint density at radius 1 is 1.26 bits per heavy atom. The number of morpholine rings is 1. The fourth-order valence-corrected chi connectivity index (χ4v) is 3.43. The van der Waals surface area contributed by atoms with Gasteiger partial charge in [-0.05, 0) is 31.6 Å². The molecule has 2 aliphatic heterocycles. The third-order valence-corrected chi connectivity index (χ3v) is 4.51. The van der Waals surface area contributed by atoms with Crippen molar-refractivity contribution in [3.8, 4) is 0 Å². The largest absolute Gasteiger partial charge is 0.379 e. The first kappa shape index (κ1) is 21.0. The highest BCUT2D eigenvalue weighted by Gasteiger charge is 2.25. The number of rotatable bonds is 6. The van der Waals surface area contributed by atoms with Crippen LogP contribution in [0.1, 0.15) is 33.6 Å². The molecule has 0 aromatic carbocycles. The number of halogens is 1. The number of hydrogen-bond acceptors (Lipinski definition) is 3. The van der Waals surface area contributed by atoms with Crippen LogP contribution in [0.15, 0.2) is 4.99 Å². The van der Waals surface area contributed by atoms with E-state index in [4.69, 9.17) is 9.73 Å². The molecule has 2 rings (SSSR count). The fraction of sp³-hybridized carbons (Fsp3) is 0.941. The highest BCUT2D eigenvalue weighted by Crippen LogP contribution is 2.23. The van der Waals surface area contributed by atoms with Crippen LogP contribution < -0.4 is 5.32 Å². The molecule has 5 nitrogen and oxygen atoms in total. The topological polar surface area (TPSA) is 40.1 Å². The van der Waals surface area contributed by atoms with Crippen LogP contribution in [-0.4, -0.2) is 74.8 Å². The minimum atomic E-state index is 0. The molecule has 0 spiro atoms. The zero-order valence-corrected chi connectivity index (χ0v) is 17.4. The smallest absolute Gasteiger partial charge is 0.193 e. The molecule has 0 radical (unpaired) electrons. The first-order valence-corrected chi connectivity index (χ1v) is 9.02. The summed E-state index contributed by atoms with van der Waals surface area (Å²) in [5.74, 6) is 2.75. The van der Waals surface area contributed by atoms with Gasteiger partial charge in [0, 0.05) is 39.3 Å². The highest BCUT2D eigenvalue weighted by atomic mass is 127. The molecule has 2 heterocycles. The molecule has 0 aromatic heterocycles. The van der Waals surface area contributed by atoms with Crippen LogP contribution in [-0.2, 0) is 4.74 Å². The molecule has 136 valence electrons. The van der Waals surface area contributed by atoms with Crippen molar-refractivity contribution >= 4 is 29.9 Å². The number of nitrogens with one attached hydrogen (secondary N) is 1. The van der Waals surface area contributed by atoms with Crippen molar-refractivity contribution < 1.29 is 4.74 Å². The molecule has 2 aliphatic rings. The van der Waals surface area contributed by atoms with Crippen molar-refractivity contribution in [3.63, 3.8) is 0 Å². The summed E-state index contributed by atoms with van der Waals surface area (Å²) in [6.07, 6.45) is 2.65. The van der Waals surface area contributed by atoms with Gasteiger partial charge in [-0.2, -0.15) is 0 Å². The lowest BCUT2D eigenvalue weighted by Crippen LogP contribution is -2.41. The van der Waals surface area contributed by atoms with Crippen molar-refractivity contribution in [1.29, 1.82) is 0 Å². The van der Waals surface area contributed by atoms with Gasteiger partial charge in [0.2, 0.25) is 0 Å². The summed E-state index contributed by atoms with van der Waals surface area (Å²) in [5.41, 5.74) is 0. The second-order valence-electron chi connectivity index (χ2n) is 6.92. The second kappa shape index (κ2) is 11.5. The lowest BCUT2D eigenvalue weighted by atomic mass is 9.97. The van der Waals surface area contributed by atoms with Crippen LogP contribution in [0, 0.1) is 11.8 Å². The van der Waals surface area contributed by atoms with Gasteiger partial charge in [0.1, 0.15) is 0 Å². The van der Waals surface area contributed by atoms with Gasteiger partial charge in [0.05, 0.1) is 19.8 Å².